The molecule has 0 saturated carbocycles. The molecule has 2 aliphatic heterocycles. The zero-order valence-corrected chi connectivity index (χ0v) is 31.4. The first-order chi connectivity index (χ1) is 25.5. The molecule has 53 heavy (non-hydrogen) atoms. The maximum Gasteiger partial charge on any atom is 0.415 e. The van der Waals surface area contributed by atoms with Crippen molar-refractivity contribution in [2.24, 2.45) is 7.05 Å². The zero-order valence-electron chi connectivity index (χ0n) is 31.4. The smallest absolute Gasteiger partial charge is 0.410 e. The minimum atomic E-state index is -0.419. The van der Waals surface area contributed by atoms with Crippen LogP contribution < -0.4 is 9.64 Å². The average Bonchev–Trinajstić information content (AvgIpc) is 3.46. The van der Waals surface area contributed by atoms with Gasteiger partial charge in [0.2, 0.25) is 0 Å². The van der Waals surface area contributed by atoms with Crippen LogP contribution in [0.2, 0.25) is 0 Å². The van der Waals surface area contributed by atoms with Gasteiger partial charge in [0.15, 0.2) is 0 Å². The monoisotopic (exact) mass is 709 g/mol. The number of benzene rings is 4. The summed E-state index contributed by atoms with van der Waals surface area (Å²) in [6, 6.07) is 31.5. The van der Waals surface area contributed by atoms with Gasteiger partial charge in [0.25, 0.3) is 11.8 Å². The minimum absolute atomic E-state index is 0.0105. The first-order valence-corrected chi connectivity index (χ1v) is 18.2. The molecule has 0 aliphatic carbocycles. The molecule has 1 atom stereocenters. The van der Waals surface area contributed by atoms with Crippen molar-refractivity contribution in [3.63, 3.8) is 0 Å². The number of aromatic nitrogens is 1. The number of carbonyl (C=O) groups excluding carboxylic acids is 3. The van der Waals surface area contributed by atoms with E-state index in [-0.39, 0.29) is 17.9 Å². The van der Waals surface area contributed by atoms with Crippen LogP contribution in [0.3, 0.4) is 0 Å². The molecule has 1 aromatic heterocycles. The van der Waals surface area contributed by atoms with Crippen LogP contribution in [0.4, 0.5) is 10.5 Å². The Kier molecular flexibility index (Phi) is 9.94. The Morgan fingerprint density at radius 3 is 2.21 bits per heavy atom. The predicted molar refractivity (Wildman–Crippen MR) is 208 cm³/mol. The fourth-order valence-corrected chi connectivity index (χ4v) is 7.58. The van der Waals surface area contributed by atoms with Crippen molar-refractivity contribution < 1.29 is 19.1 Å². The van der Waals surface area contributed by atoms with Gasteiger partial charge in [-0.05, 0) is 111 Å². The van der Waals surface area contributed by atoms with Crippen LogP contribution in [0.15, 0.2) is 97.1 Å². The second-order valence-corrected chi connectivity index (χ2v) is 14.6. The molecule has 0 bridgehead atoms. The lowest BCUT2D eigenvalue weighted by Crippen LogP contribution is -2.43. The van der Waals surface area contributed by atoms with E-state index in [4.69, 9.17) is 4.74 Å². The Labute approximate surface area is 312 Å². The van der Waals surface area contributed by atoms with E-state index in [9.17, 15) is 14.4 Å². The summed E-state index contributed by atoms with van der Waals surface area (Å²) in [5.41, 5.74) is 9.85. The van der Waals surface area contributed by atoms with Crippen molar-refractivity contribution in [1.82, 2.24) is 19.3 Å². The molecule has 2 aliphatic rings. The molecule has 0 spiro atoms. The van der Waals surface area contributed by atoms with Crippen LogP contribution in [-0.4, -0.2) is 70.9 Å². The summed E-state index contributed by atoms with van der Waals surface area (Å²) in [6.07, 6.45) is 0.955. The summed E-state index contributed by atoms with van der Waals surface area (Å²) >= 11 is 0. The molecule has 272 valence electrons. The summed E-state index contributed by atoms with van der Waals surface area (Å²) in [7, 11) is 7.76. The highest BCUT2D eigenvalue weighted by atomic mass is 16.6. The van der Waals surface area contributed by atoms with Crippen LogP contribution in [0.5, 0.6) is 5.75 Å². The average molecular weight is 710 g/mol. The number of ether oxygens (including phenoxy) is 1. The van der Waals surface area contributed by atoms with Gasteiger partial charge in [0.05, 0.1) is 5.56 Å². The summed E-state index contributed by atoms with van der Waals surface area (Å²) in [5.74, 6) is 0.302. The van der Waals surface area contributed by atoms with E-state index < -0.39 is 6.09 Å². The molecular formula is C44H47N5O4. The highest BCUT2D eigenvalue weighted by Crippen LogP contribution is 2.36. The van der Waals surface area contributed by atoms with Gasteiger partial charge in [-0.2, -0.15) is 0 Å². The third kappa shape index (κ3) is 7.22. The highest BCUT2D eigenvalue weighted by Gasteiger charge is 2.32. The Morgan fingerprint density at radius 1 is 0.792 bits per heavy atom. The van der Waals surface area contributed by atoms with Crippen LogP contribution in [0.25, 0.3) is 11.3 Å². The van der Waals surface area contributed by atoms with Crippen LogP contribution in [0, 0.1) is 6.92 Å². The van der Waals surface area contributed by atoms with E-state index in [1.165, 1.54) is 5.56 Å². The zero-order chi connectivity index (χ0) is 37.4. The molecule has 9 nitrogen and oxygen atoms in total. The standard InChI is InChI=1S/C44H47N5O4/c1-29-22-32-12-10-11-13-34(32)28-49(29)43(51)40-24-35-27-48(44(52)53-37-18-16-31(17-19-37)26-45(3)4)21-20-33(35)23-39(40)41-25-38(30(2)46(41)5)42(50)47(6)36-14-8-7-9-15-36/h7-19,23-25,29H,20-22,26-28H2,1-6H3/t29-/m1/s1. The van der Waals surface area contributed by atoms with Gasteiger partial charge in [0.1, 0.15) is 5.75 Å². The second kappa shape index (κ2) is 14.8. The van der Waals surface area contributed by atoms with Crippen molar-refractivity contribution in [2.75, 3.05) is 32.6 Å². The normalized spacial score (nSPS) is 15.2. The van der Waals surface area contributed by atoms with E-state index in [2.05, 4.69) is 30.0 Å². The number of anilines is 1. The molecule has 0 fully saturated rings. The predicted octanol–water partition coefficient (Wildman–Crippen LogP) is 7.48. The summed E-state index contributed by atoms with van der Waals surface area (Å²) in [6.45, 7) is 6.15. The number of amides is 3. The number of carbonyl (C=O) groups is 3. The molecule has 0 unspecified atom stereocenters. The lowest BCUT2D eigenvalue weighted by molar-refractivity contribution is 0.0658. The fraction of sp³-hybridized carbons (Fsp3) is 0.295. The molecule has 7 rings (SSSR count). The van der Waals surface area contributed by atoms with Crippen LogP contribution >= 0.6 is 0 Å². The Bertz CT molecular complexity index is 2170. The van der Waals surface area contributed by atoms with Gasteiger partial charge in [-0.3, -0.25) is 9.59 Å². The van der Waals surface area contributed by atoms with Gasteiger partial charge >= 0.3 is 6.09 Å². The first kappa shape index (κ1) is 35.7. The maximum absolute atomic E-state index is 14.8. The van der Waals surface area contributed by atoms with Gasteiger partial charge in [0, 0.05) is 74.5 Å². The molecule has 0 radical (unpaired) electrons. The molecule has 9 heteroatoms. The van der Waals surface area contributed by atoms with Crippen molar-refractivity contribution in [1.29, 1.82) is 0 Å². The minimum Gasteiger partial charge on any atom is -0.410 e. The summed E-state index contributed by atoms with van der Waals surface area (Å²) < 4.78 is 7.82. The van der Waals surface area contributed by atoms with E-state index in [0.29, 0.717) is 42.9 Å². The molecule has 3 amide bonds. The SMILES string of the molecule is Cc1c(C(=O)N(C)c2ccccc2)cc(-c2cc3c(cc2C(=O)N2Cc4ccccc4C[C@H]2C)CN(C(=O)Oc2ccc(CN(C)C)cc2)CC3)n1C. The van der Waals surface area contributed by atoms with E-state index in [1.54, 1.807) is 16.8 Å². The molecule has 4 aromatic carbocycles. The van der Waals surface area contributed by atoms with Gasteiger partial charge in [-0.1, -0.05) is 54.6 Å². The number of nitrogens with zero attached hydrogens (tertiary/aromatic N) is 5. The topological polar surface area (TPSA) is 78.3 Å². The van der Waals surface area contributed by atoms with E-state index in [1.807, 2.05) is 116 Å². The van der Waals surface area contributed by atoms with Crippen molar-refractivity contribution in [2.45, 2.75) is 52.4 Å². The third-order valence-corrected chi connectivity index (χ3v) is 10.7. The fourth-order valence-electron chi connectivity index (χ4n) is 7.58. The third-order valence-electron chi connectivity index (χ3n) is 10.7. The van der Waals surface area contributed by atoms with Crippen molar-refractivity contribution in [3.8, 4) is 17.0 Å². The van der Waals surface area contributed by atoms with Crippen molar-refractivity contribution >= 4 is 23.6 Å². The highest BCUT2D eigenvalue weighted by molar-refractivity contribution is 6.08. The summed E-state index contributed by atoms with van der Waals surface area (Å²) in [4.78, 5) is 49.5. The number of hydrogen-bond donors (Lipinski definition) is 0. The Hall–Kier alpha value is -5.67. The van der Waals surface area contributed by atoms with Gasteiger partial charge in [-0.15, -0.1) is 0 Å². The number of para-hydroxylation sites is 1. The van der Waals surface area contributed by atoms with Crippen molar-refractivity contribution in [3.05, 3.63) is 142 Å². The lowest BCUT2D eigenvalue weighted by atomic mass is 9.90. The Balaban J connectivity index is 1.23. The van der Waals surface area contributed by atoms with E-state index >= 15 is 0 Å². The number of rotatable bonds is 7. The maximum atomic E-state index is 14.8. The largest absolute Gasteiger partial charge is 0.415 e. The first-order valence-electron chi connectivity index (χ1n) is 18.2. The van der Waals surface area contributed by atoms with Gasteiger partial charge in [-0.25, -0.2) is 4.79 Å². The number of fused-ring (bicyclic) bond motifs is 2. The quantitative estimate of drug-likeness (QED) is 0.175. The molecular weight excluding hydrogens is 663 g/mol. The molecule has 0 saturated heterocycles. The van der Waals surface area contributed by atoms with E-state index in [0.717, 1.165) is 57.9 Å². The lowest BCUT2D eigenvalue weighted by Gasteiger charge is -2.36. The Morgan fingerprint density at radius 2 is 1.49 bits per heavy atom. The van der Waals surface area contributed by atoms with Crippen LogP contribution in [0.1, 0.15) is 61.2 Å². The molecule has 5 aromatic rings. The van der Waals surface area contributed by atoms with Gasteiger partial charge < -0.3 is 28.9 Å². The molecule has 0 N–H and O–H groups in total. The second-order valence-electron chi connectivity index (χ2n) is 14.6. The number of hydrogen-bond acceptors (Lipinski definition) is 5. The van der Waals surface area contributed by atoms with Crippen LogP contribution in [-0.2, 0) is 39.5 Å². The molecule has 3 heterocycles. The summed E-state index contributed by atoms with van der Waals surface area (Å²) in [5, 5.41) is 0.